The van der Waals surface area contributed by atoms with Crippen LogP contribution in [0.15, 0.2) is 48.5 Å². The average molecular weight is 415 g/mol. The van der Waals surface area contributed by atoms with Crippen molar-refractivity contribution in [3.05, 3.63) is 64.7 Å². The van der Waals surface area contributed by atoms with E-state index in [9.17, 15) is 4.79 Å². The van der Waals surface area contributed by atoms with Gasteiger partial charge in [-0.2, -0.15) is 0 Å². The highest BCUT2D eigenvalue weighted by Gasteiger charge is 2.22. The molecule has 0 N–H and O–H groups in total. The Bertz CT molecular complexity index is 776. The van der Waals surface area contributed by atoms with Gasteiger partial charge in [0.1, 0.15) is 5.75 Å². The Kier molecular flexibility index (Phi) is 7.96. The molecule has 1 aliphatic rings. The molecule has 1 atom stereocenters. The number of hydrogen-bond donors (Lipinski definition) is 0. The highest BCUT2D eigenvalue weighted by molar-refractivity contribution is 6.30. The van der Waals surface area contributed by atoms with Gasteiger partial charge in [-0.1, -0.05) is 35.9 Å². The number of piperidine rings is 1. The first-order chi connectivity index (χ1) is 14.0. The molecule has 3 rings (SSSR count). The van der Waals surface area contributed by atoms with Gasteiger partial charge in [0.05, 0.1) is 13.5 Å². The fourth-order valence-electron chi connectivity index (χ4n) is 3.98. The third-order valence-corrected chi connectivity index (χ3v) is 5.96. The topological polar surface area (TPSA) is 32.8 Å². The zero-order chi connectivity index (χ0) is 20.6. The van der Waals surface area contributed by atoms with Gasteiger partial charge >= 0.3 is 0 Å². The number of likely N-dealkylation sites (tertiary alicyclic amines) is 1. The molecule has 2 aromatic carbocycles. The highest BCUT2D eigenvalue weighted by Crippen LogP contribution is 2.19. The van der Waals surface area contributed by atoms with Gasteiger partial charge < -0.3 is 14.5 Å². The van der Waals surface area contributed by atoms with Crippen molar-refractivity contribution in [3.63, 3.8) is 0 Å². The Morgan fingerprint density at radius 2 is 1.83 bits per heavy atom. The predicted octanol–water partition coefficient (Wildman–Crippen LogP) is 4.30. The molecule has 1 saturated heterocycles. The van der Waals surface area contributed by atoms with Crippen LogP contribution in [0, 0.1) is 5.92 Å². The van der Waals surface area contributed by atoms with E-state index in [4.69, 9.17) is 16.3 Å². The molecule has 1 heterocycles. The Labute approximate surface area is 179 Å². The second kappa shape index (κ2) is 10.7. The van der Waals surface area contributed by atoms with Crippen molar-refractivity contribution < 1.29 is 9.53 Å². The number of rotatable bonds is 8. The summed E-state index contributed by atoms with van der Waals surface area (Å²) in [4.78, 5) is 17.1. The molecule has 1 amide bonds. The minimum atomic E-state index is 0.174. The number of amides is 1. The van der Waals surface area contributed by atoms with E-state index < -0.39 is 0 Å². The Morgan fingerprint density at radius 3 is 2.52 bits per heavy atom. The maximum absolute atomic E-state index is 12.6. The van der Waals surface area contributed by atoms with Crippen LogP contribution >= 0.6 is 11.6 Å². The average Bonchev–Trinajstić information content (AvgIpc) is 2.74. The minimum Gasteiger partial charge on any atom is -0.497 e. The summed E-state index contributed by atoms with van der Waals surface area (Å²) in [5, 5.41) is 0.786. The Hall–Kier alpha value is -2.04. The van der Waals surface area contributed by atoms with E-state index in [-0.39, 0.29) is 5.91 Å². The molecule has 1 aliphatic heterocycles. The van der Waals surface area contributed by atoms with Gasteiger partial charge in [-0.3, -0.25) is 4.79 Å². The van der Waals surface area contributed by atoms with E-state index in [1.54, 1.807) is 7.11 Å². The van der Waals surface area contributed by atoms with Crippen LogP contribution in [0.25, 0.3) is 0 Å². The molecule has 0 spiro atoms. The van der Waals surface area contributed by atoms with Gasteiger partial charge in [-0.15, -0.1) is 0 Å². The summed E-state index contributed by atoms with van der Waals surface area (Å²) in [7, 11) is 3.58. The van der Waals surface area contributed by atoms with Gasteiger partial charge in [0.25, 0.3) is 0 Å². The second-order valence-electron chi connectivity index (χ2n) is 7.98. The van der Waals surface area contributed by atoms with Crippen molar-refractivity contribution >= 4 is 17.5 Å². The van der Waals surface area contributed by atoms with E-state index in [2.05, 4.69) is 17.0 Å². The molecule has 0 unspecified atom stereocenters. The molecule has 1 fully saturated rings. The predicted molar refractivity (Wildman–Crippen MR) is 119 cm³/mol. The lowest BCUT2D eigenvalue weighted by Gasteiger charge is -2.34. The van der Waals surface area contributed by atoms with Crippen LogP contribution in [-0.4, -0.2) is 56.0 Å². The van der Waals surface area contributed by atoms with Crippen LogP contribution in [0.5, 0.6) is 5.75 Å². The number of nitrogens with zero attached hydrogens (tertiary/aromatic N) is 2. The third-order valence-electron chi connectivity index (χ3n) is 5.71. The monoisotopic (exact) mass is 414 g/mol. The molecular weight excluding hydrogens is 384 g/mol. The first-order valence-electron chi connectivity index (χ1n) is 10.4. The molecule has 4 nitrogen and oxygen atoms in total. The van der Waals surface area contributed by atoms with Crippen LogP contribution in [0.1, 0.15) is 24.0 Å². The van der Waals surface area contributed by atoms with Crippen molar-refractivity contribution in [2.75, 3.05) is 40.3 Å². The minimum absolute atomic E-state index is 0.174. The van der Waals surface area contributed by atoms with Crippen molar-refractivity contribution in [3.8, 4) is 5.75 Å². The third kappa shape index (κ3) is 6.76. The van der Waals surface area contributed by atoms with Crippen LogP contribution in [0.3, 0.4) is 0 Å². The fourth-order valence-corrected chi connectivity index (χ4v) is 4.11. The largest absolute Gasteiger partial charge is 0.497 e. The molecule has 0 saturated carbocycles. The Morgan fingerprint density at radius 1 is 1.14 bits per heavy atom. The van der Waals surface area contributed by atoms with Crippen LogP contribution < -0.4 is 4.74 Å². The summed E-state index contributed by atoms with van der Waals surface area (Å²) in [6.45, 7) is 4.09. The SMILES string of the molecule is COc1ccc(CC(=O)N(C)C[C@H]2CCCN(CCc3ccc(Cl)cc3)C2)cc1. The number of carbonyl (C=O) groups excluding carboxylic acids is 1. The second-order valence-corrected chi connectivity index (χ2v) is 8.42. The van der Waals surface area contributed by atoms with Crippen molar-refractivity contribution in [1.29, 1.82) is 0 Å². The molecule has 0 aliphatic carbocycles. The lowest BCUT2D eigenvalue weighted by atomic mass is 9.96. The number of carbonyl (C=O) groups is 1. The fraction of sp³-hybridized carbons (Fsp3) is 0.458. The Balaban J connectivity index is 1.44. The number of halogens is 1. The lowest BCUT2D eigenvalue weighted by molar-refractivity contribution is -0.130. The van der Waals surface area contributed by atoms with E-state index in [0.29, 0.717) is 12.3 Å². The van der Waals surface area contributed by atoms with Crippen LogP contribution in [0.2, 0.25) is 5.02 Å². The number of methoxy groups -OCH3 is 1. The lowest BCUT2D eigenvalue weighted by Crippen LogP contribution is -2.42. The maximum Gasteiger partial charge on any atom is 0.226 e. The smallest absolute Gasteiger partial charge is 0.226 e. The number of benzene rings is 2. The highest BCUT2D eigenvalue weighted by atomic mass is 35.5. The molecule has 156 valence electrons. The van der Waals surface area contributed by atoms with Gasteiger partial charge in [-0.25, -0.2) is 0 Å². The molecule has 2 aromatic rings. The molecular formula is C24H31ClN2O2. The standard InChI is InChI=1S/C24H31ClN2O2/c1-26(24(28)16-20-7-11-23(29-2)12-8-20)17-21-4-3-14-27(18-21)15-13-19-5-9-22(25)10-6-19/h5-12,21H,3-4,13-18H2,1-2H3/t21-/m1/s1. The van der Waals surface area contributed by atoms with Crippen LogP contribution in [-0.2, 0) is 17.6 Å². The van der Waals surface area contributed by atoms with Crippen molar-refractivity contribution in [2.24, 2.45) is 5.92 Å². The molecule has 5 heteroatoms. The van der Waals surface area contributed by atoms with Gasteiger partial charge in [0, 0.05) is 31.7 Å². The van der Waals surface area contributed by atoms with Gasteiger partial charge in [0.15, 0.2) is 0 Å². The van der Waals surface area contributed by atoms with E-state index in [1.165, 1.54) is 18.4 Å². The molecule has 29 heavy (non-hydrogen) atoms. The summed E-state index contributed by atoms with van der Waals surface area (Å²) in [5.41, 5.74) is 2.35. The summed E-state index contributed by atoms with van der Waals surface area (Å²) in [5.74, 6) is 1.53. The quantitative estimate of drug-likeness (QED) is 0.645. The summed E-state index contributed by atoms with van der Waals surface area (Å²) in [6, 6.07) is 15.9. The van der Waals surface area contributed by atoms with E-state index in [1.807, 2.05) is 48.3 Å². The summed E-state index contributed by atoms with van der Waals surface area (Å²) >= 11 is 5.97. The normalized spacial score (nSPS) is 17.1. The number of hydrogen-bond acceptors (Lipinski definition) is 3. The zero-order valence-corrected chi connectivity index (χ0v) is 18.2. The first kappa shape index (κ1) is 21.7. The molecule has 0 aromatic heterocycles. The van der Waals surface area contributed by atoms with Crippen LogP contribution in [0.4, 0.5) is 0 Å². The molecule has 0 radical (unpaired) electrons. The van der Waals surface area contributed by atoms with E-state index >= 15 is 0 Å². The van der Waals surface area contributed by atoms with Gasteiger partial charge in [0.2, 0.25) is 5.91 Å². The first-order valence-corrected chi connectivity index (χ1v) is 10.7. The van der Waals surface area contributed by atoms with E-state index in [0.717, 1.165) is 48.9 Å². The van der Waals surface area contributed by atoms with Gasteiger partial charge in [-0.05, 0) is 67.1 Å². The number of ether oxygens (including phenoxy) is 1. The summed E-state index contributed by atoms with van der Waals surface area (Å²) in [6.07, 6.45) is 3.87. The zero-order valence-electron chi connectivity index (χ0n) is 17.4. The van der Waals surface area contributed by atoms with Crippen molar-refractivity contribution in [1.82, 2.24) is 9.80 Å². The maximum atomic E-state index is 12.6. The summed E-state index contributed by atoms with van der Waals surface area (Å²) < 4.78 is 5.18. The van der Waals surface area contributed by atoms with Crippen molar-refractivity contribution in [2.45, 2.75) is 25.7 Å². The number of likely N-dealkylation sites (N-methyl/N-ethyl adjacent to an activating group) is 1. The molecule has 0 bridgehead atoms.